The highest BCUT2D eigenvalue weighted by Gasteiger charge is 2.16. The SMILES string of the molecule is NCc1ccc(S(=O)(=O)NCc2sccc2Br)cc1Cl. The average Bonchev–Trinajstić information content (AvgIpc) is 2.82. The second kappa shape index (κ2) is 6.55. The molecular weight excluding hydrogens is 384 g/mol. The van der Waals surface area contributed by atoms with Crippen LogP contribution in [-0.2, 0) is 23.1 Å². The van der Waals surface area contributed by atoms with Crippen LogP contribution in [0.3, 0.4) is 0 Å². The average molecular weight is 396 g/mol. The van der Waals surface area contributed by atoms with Gasteiger partial charge in [-0.15, -0.1) is 11.3 Å². The molecular formula is C12H12BrClN2O2S2. The summed E-state index contributed by atoms with van der Waals surface area (Å²) in [5.74, 6) is 0. The third kappa shape index (κ3) is 3.60. The molecule has 0 unspecified atom stereocenters. The molecule has 8 heteroatoms. The number of hydrogen-bond donors (Lipinski definition) is 2. The van der Waals surface area contributed by atoms with Crippen LogP contribution < -0.4 is 10.5 Å². The van der Waals surface area contributed by atoms with Crippen molar-refractivity contribution in [2.45, 2.75) is 18.0 Å². The first kappa shape index (κ1) is 15.9. The number of halogens is 2. The van der Waals surface area contributed by atoms with Gasteiger partial charge in [0.15, 0.2) is 0 Å². The highest BCUT2D eigenvalue weighted by Crippen LogP contribution is 2.24. The van der Waals surface area contributed by atoms with Crippen LogP contribution in [0.4, 0.5) is 0 Å². The molecule has 0 amide bonds. The maximum atomic E-state index is 12.2. The molecule has 1 aromatic carbocycles. The second-order valence-electron chi connectivity index (χ2n) is 3.97. The first-order valence-electron chi connectivity index (χ1n) is 5.64. The molecule has 0 aliphatic carbocycles. The Labute approximate surface area is 135 Å². The van der Waals surface area contributed by atoms with Gasteiger partial charge in [0.1, 0.15) is 0 Å². The largest absolute Gasteiger partial charge is 0.326 e. The molecule has 0 bridgehead atoms. The molecule has 0 saturated carbocycles. The summed E-state index contributed by atoms with van der Waals surface area (Å²) in [6.07, 6.45) is 0. The Bertz CT molecular complexity index is 716. The monoisotopic (exact) mass is 394 g/mol. The highest BCUT2D eigenvalue weighted by molar-refractivity contribution is 9.10. The van der Waals surface area contributed by atoms with Gasteiger partial charge in [-0.3, -0.25) is 0 Å². The van der Waals surface area contributed by atoms with Gasteiger partial charge < -0.3 is 5.73 Å². The van der Waals surface area contributed by atoms with Gasteiger partial charge in [0.05, 0.1) is 4.90 Å². The van der Waals surface area contributed by atoms with Crippen molar-refractivity contribution in [2.75, 3.05) is 0 Å². The number of benzene rings is 1. The van der Waals surface area contributed by atoms with Crippen molar-refractivity contribution in [3.05, 3.63) is 49.6 Å². The van der Waals surface area contributed by atoms with Crippen molar-refractivity contribution >= 4 is 48.9 Å². The van der Waals surface area contributed by atoms with Gasteiger partial charge >= 0.3 is 0 Å². The minimum absolute atomic E-state index is 0.132. The van der Waals surface area contributed by atoms with Crippen LogP contribution in [0.25, 0.3) is 0 Å². The normalized spacial score (nSPS) is 11.8. The zero-order valence-electron chi connectivity index (χ0n) is 10.3. The fraction of sp³-hybridized carbons (Fsp3) is 0.167. The molecule has 0 spiro atoms. The predicted octanol–water partition coefficient (Wildman–Crippen LogP) is 3.10. The maximum absolute atomic E-state index is 12.2. The van der Waals surface area contributed by atoms with Gasteiger partial charge in [-0.2, -0.15) is 0 Å². The van der Waals surface area contributed by atoms with E-state index in [1.165, 1.54) is 23.5 Å². The summed E-state index contributed by atoms with van der Waals surface area (Å²) in [7, 11) is -3.59. The number of nitrogens with two attached hydrogens (primary N) is 1. The van der Waals surface area contributed by atoms with Crippen LogP contribution in [0.15, 0.2) is 39.0 Å². The Morgan fingerprint density at radius 2 is 2.10 bits per heavy atom. The summed E-state index contributed by atoms with van der Waals surface area (Å²) in [6.45, 7) is 0.506. The molecule has 1 aromatic heterocycles. The van der Waals surface area contributed by atoms with Crippen molar-refractivity contribution in [2.24, 2.45) is 5.73 Å². The van der Waals surface area contributed by atoms with Crippen LogP contribution in [0.1, 0.15) is 10.4 Å². The molecule has 0 fully saturated rings. The summed E-state index contributed by atoms with van der Waals surface area (Å²) < 4.78 is 27.8. The summed E-state index contributed by atoms with van der Waals surface area (Å²) in [5.41, 5.74) is 6.21. The van der Waals surface area contributed by atoms with E-state index in [9.17, 15) is 8.42 Å². The third-order valence-electron chi connectivity index (χ3n) is 2.67. The molecule has 108 valence electrons. The first-order valence-corrected chi connectivity index (χ1v) is 9.17. The zero-order chi connectivity index (χ0) is 14.8. The minimum Gasteiger partial charge on any atom is -0.326 e. The Kier molecular flexibility index (Phi) is 5.22. The van der Waals surface area contributed by atoms with Gasteiger partial charge in [0.25, 0.3) is 0 Å². The molecule has 0 aliphatic heterocycles. The molecule has 0 atom stereocenters. The quantitative estimate of drug-likeness (QED) is 0.817. The smallest absolute Gasteiger partial charge is 0.240 e. The van der Waals surface area contributed by atoms with Gasteiger partial charge in [-0.1, -0.05) is 17.7 Å². The van der Waals surface area contributed by atoms with E-state index < -0.39 is 10.0 Å². The third-order valence-corrected chi connectivity index (χ3v) is 6.35. The standard InChI is InChI=1S/C12H12BrClN2O2S2/c13-10-3-4-19-12(10)7-16-20(17,18)9-2-1-8(6-15)11(14)5-9/h1-5,16H,6-7,15H2. The van der Waals surface area contributed by atoms with Crippen molar-refractivity contribution in [1.29, 1.82) is 0 Å². The Hall–Kier alpha value is -0.440. The molecule has 1 heterocycles. The number of hydrogen-bond acceptors (Lipinski definition) is 4. The van der Waals surface area contributed by atoms with Crippen molar-refractivity contribution in [1.82, 2.24) is 4.72 Å². The van der Waals surface area contributed by atoms with E-state index in [4.69, 9.17) is 17.3 Å². The van der Waals surface area contributed by atoms with E-state index in [2.05, 4.69) is 20.7 Å². The topological polar surface area (TPSA) is 72.2 Å². The van der Waals surface area contributed by atoms with Gasteiger partial charge in [0, 0.05) is 27.5 Å². The summed E-state index contributed by atoms with van der Waals surface area (Å²) in [6, 6.07) is 6.41. The van der Waals surface area contributed by atoms with E-state index in [1.54, 1.807) is 6.07 Å². The van der Waals surface area contributed by atoms with Crippen LogP contribution in [0.5, 0.6) is 0 Å². The lowest BCUT2D eigenvalue weighted by molar-refractivity contribution is 0.581. The van der Waals surface area contributed by atoms with E-state index in [-0.39, 0.29) is 18.0 Å². The molecule has 2 rings (SSSR count). The van der Waals surface area contributed by atoms with E-state index >= 15 is 0 Å². The summed E-state index contributed by atoms with van der Waals surface area (Å²) in [4.78, 5) is 1.05. The number of thiophene rings is 1. The Balaban J connectivity index is 2.18. The molecule has 4 nitrogen and oxygen atoms in total. The van der Waals surface area contributed by atoms with Crippen molar-refractivity contribution in [3.63, 3.8) is 0 Å². The van der Waals surface area contributed by atoms with Crippen molar-refractivity contribution < 1.29 is 8.42 Å². The molecule has 2 aromatic rings. The lowest BCUT2D eigenvalue weighted by atomic mass is 10.2. The fourth-order valence-electron chi connectivity index (χ4n) is 1.56. The summed E-state index contributed by atoms with van der Waals surface area (Å²) in [5, 5.41) is 2.24. The molecule has 0 radical (unpaired) electrons. The lowest BCUT2D eigenvalue weighted by Gasteiger charge is -2.08. The predicted molar refractivity (Wildman–Crippen MR) is 85.4 cm³/mol. The first-order chi connectivity index (χ1) is 9.44. The number of sulfonamides is 1. The van der Waals surface area contributed by atoms with Crippen LogP contribution in [0.2, 0.25) is 5.02 Å². The zero-order valence-corrected chi connectivity index (χ0v) is 14.2. The number of rotatable bonds is 5. The molecule has 3 N–H and O–H groups in total. The van der Waals surface area contributed by atoms with Gasteiger partial charge in [-0.05, 0) is 45.1 Å². The highest BCUT2D eigenvalue weighted by atomic mass is 79.9. The summed E-state index contributed by atoms with van der Waals surface area (Å²) >= 11 is 10.8. The second-order valence-corrected chi connectivity index (χ2v) is 8.00. The van der Waals surface area contributed by atoms with Crippen LogP contribution >= 0.6 is 38.9 Å². The van der Waals surface area contributed by atoms with E-state index in [1.807, 2.05) is 11.4 Å². The Morgan fingerprint density at radius 1 is 1.35 bits per heavy atom. The maximum Gasteiger partial charge on any atom is 0.240 e. The molecule has 0 saturated heterocycles. The molecule has 20 heavy (non-hydrogen) atoms. The fourth-order valence-corrected chi connectivity index (χ4v) is 4.42. The van der Waals surface area contributed by atoms with Gasteiger partial charge in [0.2, 0.25) is 10.0 Å². The van der Waals surface area contributed by atoms with E-state index in [0.717, 1.165) is 9.35 Å². The van der Waals surface area contributed by atoms with E-state index in [0.29, 0.717) is 10.6 Å². The Morgan fingerprint density at radius 3 is 2.65 bits per heavy atom. The minimum atomic E-state index is -3.59. The van der Waals surface area contributed by atoms with Gasteiger partial charge in [-0.25, -0.2) is 13.1 Å². The van der Waals surface area contributed by atoms with Crippen LogP contribution in [0, 0.1) is 0 Å². The molecule has 0 aliphatic rings. The number of nitrogens with one attached hydrogen (secondary N) is 1. The van der Waals surface area contributed by atoms with Crippen molar-refractivity contribution in [3.8, 4) is 0 Å². The van der Waals surface area contributed by atoms with Crippen LogP contribution in [-0.4, -0.2) is 8.42 Å². The lowest BCUT2D eigenvalue weighted by Crippen LogP contribution is -2.23.